The maximum absolute atomic E-state index is 12.8. The molecule has 4 N–H and O–H groups in total. The van der Waals surface area contributed by atoms with Crippen LogP contribution in [0.15, 0.2) is 60.8 Å². The fourth-order valence-electron chi connectivity index (χ4n) is 6.64. The van der Waals surface area contributed by atoms with Gasteiger partial charge >= 0.3 is 11.9 Å². The number of esters is 2. The Labute approximate surface area is 358 Å². The molecule has 0 aliphatic carbocycles. The van der Waals surface area contributed by atoms with E-state index in [2.05, 4.69) is 74.6 Å². The highest BCUT2D eigenvalue weighted by atomic mass is 16.7. The number of allylic oxidation sites excluding steroid dienone is 10. The Kier molecular flexibility index (Phi) is 36.5. The van der Waals surface area contributed by atoms with Crippen LogP contribution in [0.5, 0.6) is 0 Å². The van der Waals surface area contributed by atoms with Gasteiger partial charge in [0.25, 0.3) is 0 Å². The Morgan fingerprint density at radius 2 is 0.949 bits per heavy atom. The van der Waals surface area contributed by atoms with Crippen LogP contribution in [0, 0.1) is 0 Å². The SMILES string of the molecule is CCCCC/C=C/C/C=C/C/C=C/CCCCC(=O)O[C@@H](COC(=O)CCCCCCCCCCC/C=C/C/C=C/CCCCC)CO[C@H]1O[C@@H](CO)[C@@H](O)C(O)C1O. The van der Waals surface area contributed by atoms with Crippen molar-refractivity contribution in [2.75, 3.05) is 19.8 Å². The Morgan fingerprint density at radius 3 is 1.46 bits per heavy atom. The molecule has 1 aliphatic rings. The number of hydrogen-bond donors (Lipinski definition) is 4. The molecule has 1 heterocycles. The molecule has 0 amide bonds. The van der Waals surface area contributed by atoms with Crippen molar-refractivity contribution in [3.63, 3.8) is 0 Å². The molecule has 1 rings (SSSR count). The van der Waals surface area contributed by atoms with Crippen molar-refractivity contribution in [1.82, 2.24) is 0 Å². The molecule has 2 unspecified atom stereocenters. The van der Waals surface area contributed by atoms with E-state index in [1.165, 1.54) is 77.0 Å². The molecule has 0 aromatic heterocycles. The molecule has 0 spiro atoms. The van der Waals surface area contributed by atoms with Crippen LogP contribution >= 0.6 is 0 Å². The van der Waals surface area contributed by atoms with Gasteiger partial charge in [-0.3, -0.25) is 9.59 Å². The smallest absolute Gasteiger partial charge is 0.306 e. The van der Waals surface area contributed by atoms with Gasteiger partial charge in [0, 0.05) is 12.8 Å². The summed E-state index contributed by atoms with van der Waals surface area (Å²) in [5.41, 5.74) is 0. The highest BCUT2D eigenvalue weighted by Gasteiger charge is 2.44. The Bertz CT molecular complexity index is 1150. The third-order valence-electron chi connectivity index (χ3n) is 10.4. The molecule has 1 fully saturated rings. The van der Waals surface area contributed by atoms with Crippen molar-refractivity contribution in [2.24, 2.45) is 0 Å². The number of unbranched alkanes of at least 4 members (excludes halogenated alkanes) is 17. The lowest BCUT2D eigenvalue weighted by molar-refractivity contribution is -0.305. The fraction of sp³-hybridized carbons (Fsp3) is 0.755. The molecule has 0 aromatic rings. The Morgan fingerprint density at radius 1 is 0.525 bits per heavy atom. The summed E-state index contributed by atoms with van der Waals surface area (Å²) in [6.07, 6.45) is 40.8. The number of rotatable bonds is 38. The van der Waals surface area contributed by atoms with E-state index in [1.807, 2.05) is 0 Å². The summed E-state index contributed by atoms with van der Waals surface area (Å²) in [6.45, 7) is 3.32. The molecule has 59 heavy (non-hydrogen) atoms. The molecule has 0 saturated carbocycles. The molecule has 0 radical (unpaired) electrons. The van der Waals surface area contributed by atoms with Crippen LogP contribution < -0.4 is 0 Å². The highest BCUT2D eigenvalue weighted by Crippen LogP contribution is 2.22. The van der Waals surface area contributed by atoms with E-state index in [4.69, 9.17) is 18.9 Å². The first kappa shape index (κ1) is 54.4. The van der Waals surface area contributed by atoms with E-state index in [1.54, 1.807) is 0 Å². The van der Waals surface area contributed by atoms with Crippen molar-refractivity contribution in [1.29, 1.82) is 0 Å². The first-order valence-electron chi connectivity index (χ1n) is 23.4. The third-order valence-corrected chi connectivity index (χ3v) is 10.4. The van der Waals surface area contributed by atoms with Crippen molar-refractivity contribution in [3.05, 3.63) is 60.8 Å². The average molecular weight is 833 g/mol. The van der Waals surface area contributed by atoms with Crippen molar-refractivity contribution < 1.29 is 49.0 Å². The van der Waals surface area contributed by atoms with E-state index in [-0.39, 0.29) is 26.1 Å². The van der Waals surface area contributed by atoms with Crippen LogP contribution in [0.1, 0.15) is 181 Å². The zero-order chi connectivity index (χ0) is 43.0. The predicted octanol–water partition coefficient (Wildman–Crippen LogP) is 10.2. The summed E-state index contributed by atoms with van der Waals surface area (Å²) in [5, 5.41) is 40.1. The van der Waals surface area contributed by atoms with Crippen LogP contribution in [0.4, 0.5) is 0 Å². The lowest BCUT2D eigenvalue weighted by Gasteiger charge is -2.39. The van der Waals surface area contributed by atoms with Gasteiger partial charge in [-0.05, 0) is 83.5 Å². The summed E-state index contributed by atoms with van der Waals surface area (Å²) in [6, 6.07) is 0. The standard InChI is InChI=1S/C49H84O10/c1-3-5-7-9-11-13-15-17-19-20-21-22-24-25-27-29-31-33-35-37-44(51)56-40-42(41-57-49-48(55)47(54)46(53)43(39-50)59-49)58-45(52)38-36-34-32-30-28-26-23-18-16-14-12-10-8-6-4-2/h11-14,17-19,23,28,30,42-43,46-50,53-55H,3-10,15-16,20-22,24-27,29,31-41H2,1-2H3/b13-11+,14-12+,19-17+,23-18+,30-28+/t42-,43-,46+,47?,48?,49-/m0/s1. The van der Waals surface area contributed by atoms with Crippen LogP contribution in [0.25, 0.3) is 0 Å². The molecular formula is C49H84O10. The molecule has 6 atom stereocenters. The minimum absolute atomic E-state index is 0.178. The van der Waals surface area contributed by atoms with E-state index in [0.29, 0.717) is 12.8 Å². The molecule has 10 heteroatoms. The second kappa shape index (κ2) is 39.5. The van der Waals surface area contributed by atoms with Gasteiger partial charge in [0.05, 0.1) is 13.2 Å². The number of aliphatic hydroxyl groups is 4. The maximum atomic E-state index is 12.8. The van der Waals surface area contributed by atoms with Crippen LogP contribution in [0.3, 0.4) is 0 Å². The molecule has 1 saturated heterocycles. The second-order valence-corrected chi connectivity index (χ2v) is 15.8. The largest absolute Gasteiger partial charge is 0.462 e. The summed E-state index contributed by atoms with van der Waals surface area (Å²) in [4.78, 5) is 25.3. The number of ether oxygens (including phenoxy) is 4. The van der Waals surface area contributed by atoms with Gasteiger partial charge in [0.15, 0.2) is 12.4 Å². The molecule has 0 aromatic carbocycles. The zero-order valence-corrected chi connectivity index (χ0v) is 37.0. The molecule has 10 nitrogen and oxygen atoms in total. The number of carbonyl (C=O) groups excluding carboxylic acids is 2. The second-order valence-electron chi connectivity index (χ2n) is 15.8. The van der Waals surface area contributed by atoms with Gasteiger partial charge in [-0.1, -0.05) is 145 Å². The van der Waals surface area contributed by atoms with Gasteiger partial charge < -0.3 is 39.4 Å². The minimum Gasteiger partial charge on any atom is -0.462 e. The number of aliphatic hydroxyl groups excluding tert-OH is 4. The summed E-state index contributed by atoms with van der Waals surface area (Å²) >= 11 is 0. The van der Waals surface area contributed by atoms with Crippen LogP contribution in [-0.2, 0) is 28.5 Å². The summed E-state index contributed by atoms with van der Waals surface area (Å²) in [5.74, 6) is -0.858. The normalized spacial score (nSPS) is 20.5. The Balaban J connectivity index is 2.33. The molecule has 340 valence electrons. The van der Waals surface area contributed by atoms with Gasteiger partial charge in [-0.15, -0.1) is 0 Å². The van der Waals surface area contributed by atoms with Gasteiger partial charge in [-0.25, -0.2) is 0 Å². The van der Waals surface area contributed by atoms with Crippen molar-refractivity contribution in [2.45, 2.75) is 218 Å². The number of carbonyl (C=O) groups is 2. The quantitative estimate of drug-likeness (QED) is 0.0269. The van der Waals surface area contributed by atoms with E-state index >= 15 is 0 Å². The van der Waals surface area contributed by atoms with Crippen LogP contribution in [0.2, 0.25) is 0 Å². The topological polar surface area (TPSA) is 152 Å². The van der Waals surface area contributed by atoms with Gasteiger partial charge in [-0.2, -0.15) is 0 Å². The van der Waals surface area contributed by atoms with Crippen LogP contribution in [-0.4, -0.2) is 89.0 Å². The molecule has 1 aliphatic heterocycles. The van der Waals surface area contributed by atoms with Gasteiger partial charge in [0.1, 0.15) is 31.0 Å². The molecular weight excluding hydrogens is 749 g/mol. The fourth-order valence-corrected chi connectivity index (χ4v) is 6.64. The summed E-state index contributed by atoms with van der Waals surface area (Å²) < 4.78 is 22.1. The average Bonchev–Trinajstić information content (AvgIpc) is 3.23. The monoisotopic (exact) mass is 833 g/mol. The Hall–Kier alpha value is -2.60. The maximum Gasteiger partial charge on any atom is 0.306 e. The first-order chi connectivity index (χ1) is 28.8. The minimum atomic E-state index is -1.60. The lowest BCUT2D eigenvalue weighted by Crippen LogP contribution is -2.59. The zero-order valence-electron chi connectivity index (χ0n) is 37.0. The third kappa shape index (κ3) is 31.0. The van der Waals surface area contributed by atoms with Crippen molar-refractivity contribution in [3.8, 4) is 0 Å². The predicted molar refractivity (Wildman–Crippen MR) is 238 cm³/mol. The summed E-state index contributed by atoms with van der Waals surface area (Å²) in [7, 11) is 0. The van der Waals surface area contributed by atoms with Gasteiger partial charge in [0.2, 0.25) is 0 Å². The van der Waals surface area contributed by atoms with Crippen molar-refractivity contribution >= 4 is 11.9 Å². The first-order valence-corrected chi connectivity index (χ1v) is 23.4. The van der Waals surface area contributed by atoms with E-state index in [0.717, 1.165) is 64.2 Å². The van der Waals surface area contributed by atoms with E-state index in [9.17, 15) is 30.0 Å². The molecule has 0 bridgehead atoms. The highest BCUT2D eigenvalue weighted by molar-refractivity contribution is 5.70. The van der Waals surface area contributed by atoms with E-state index < -0.39 is 55.4 Å². The lowest BCUT2D eigenvalue weighted by atomic mass is 9.99. The number of hydrogen-bond acceptors (Lipinski definition) is 10.